The lowest BCUT2D eigenvalue weighted by molar-refractivity contribution is 0.0941. The first-order valence-electron chi connectivity index (χ1n) is 7.11. The van der Waals surface area contributed by atoms with E-state index in [0.29, 0.717) is 27.9 Å². The molecular formula is C14H19N5OS. The van der Waals surface area contributed by atoms with Crippen LogP contribution in [0, 0.1) is 5.92 Å². The van der Waals surface area contributed by atoms with Gasteiger partial charge in [0.1, 0.15) is 9.71 Å². The summed E-state index contributed by atoms with van der Waals surface area (Å²) in [5.41, 5.74) is 6.55. The van der Waals surface area contributed by atoms with Crippen molar-refractivity contribution in [3.8, 4) is 0 Å². The maximum atomic E-state index is 12.3. The number of nitrogens with two attached hydrogens (primary N) is 1. The van der Waals surface area contributed by atoms with Gasteiger partial charge in [-0.05, 0) is 38.4 Å². The van der Waals surface area contributed by atoms with Crippen molar-refractivity contribution in [2.45, 2.75) is 12.8 Å². The number of anilines is 1. The Morgan fingerprint density at radius 2 is 2.48 bits per heavy atom. The van der Waals surface area contributed by atoms with E-state index in [1.54, 1.807) is 12.3 Å². The van der Waals surface area contributed by atoms with E-state index in [-0.39, 0.29) is 5.91 Å². The number of hydrogen-bond donors (Lipinski definition) is 2. The summed E-state index contributed by atoms with van der Waals surface area (Å²) in [6.45, 7) is 2.88. The summed E-state index contributed by atoms with van der Waals surface area (Å²) in [5, 5.41) is 11.6. The molecule has 0 bridgehead atoms. The van der Waals surface area contributed by atoms with Crippen molar-refractivity contribution in [1.29, 1.82) is 0 Å². The van der Waals surface area contributed by atoms with Crippen LogP contribution in [0.1, 0.15) is 22.5 Å². The van der Waals surface area contributed by atoms with Gasteiger partial charge < -0.3 is 16.0 Å². The number of carbonyl (C=O) groups is 1. The largest absolute Gasteiger partial charge is 0.397 e. The van der Waals surface area contributed by atoms with Gasteiger partial charge in [-0.1, -0.05) is 0 Å². The molecule has 21 heavy (non-hydrogen) atoms. The number of rotatable bonds is 3. The molecule has 112 valence electrons. The lowest BCUT2D eigenvalue weighted by atomic mass is 9.98. The van der Waals surface area contributed by atoms with Crippen LogP contribution in [0.5, 0.6) is 0 Å². The van der Waals surface area contributed by atoms with Crippen LogP contribution in [0.3, 0.4) is 0 Å². The van der Waals surface area contributed by atoms with Crippen molar-refractivity contribution in [3.05, 3.63) is 17.1 Å². The van der Waals surface area contributed by atoms with Gasteiger partial charge in [0.25, 0.3) is 5.91 Å². The Morgan fingerprint density at radius 3 is 3.24 bits per heavy atom. The van der Waals surface area contributed by atoms with Gasteiger partial charge in [0, 0.05) is 18.5 Å². The summed E-state index contributed by atoms with van der Waals surface area (Å²) in [6, 6.07) is 1.79. The first-order valence-corrected chi connectivity index (χ1v) is 7.93. The van der Waals surface area contributed by atoms with Crippen LogP contribution in [0.15, 0.2) is 12.3 Å². The number of piperidine rings is 1. The highest BCUT2D eigenvalue weighted by atomic mass is 32.1. The zero-order valence-corrected chi connectivity index (χ0v) is 12.8. The summed E-state index contributed by atoms with van der Waals surface area (Å²) in [4.78, 5) is 15.9. The van der Waals surface area contributed by atoms with E-state index in [0.717, 1.165) is 24.9 Å². The number of fused-ring (bicyclic) bond motifs is 1. The minimum atomic E-state index is -0.108. The highest BCUT2D eigenvalue weighted by molar-refractivity contribution is 7.21. The number of nitrogens with zero attached hydrogens (tertiary/aromatic N) is 3. The van der Waals surface area contributed by atoms with Crippen molar-refractivity contribution < 1.29 is 4.79 Å². The van der Waals surface area contributed by atoms with Crippen molar-refractivity contribution in [2.75, 3.05) is 32.4 Å². The van der Waals surface area contributed by atoms with Crippen LogP contribution < -0.4 is 11.1 Å². The van der Waals surface area contributed by atoms with Crippen LogP contribution in [0.2, 0.25) is 0 Å². The Labute approximate surface area is 127 Å². The Morgan fingerprint density at radius 1 is 1.62 bits per heavy atom. The SMILES string of the molecule is CN1CCCC(CNC(=O)c2sc3nnccc3c2N)C1. The average molecular weight is 305 g/mol. The van der Waals surface area contributed by atoms with Gasteiger partial charge >= 0.3 is 0 Å². The molecule has 7 heteroatoms. The normalized spacial score (nSPS) is 19.8. The third kappa shape index (κ3) is 2.98. The first kappa shape index (κ1) is 14.2. The zero-order chi connectivity index (χ0) is 14.8. The Kier molecular flexibility index (Phi) is 4.03. The number of likely N-dealkylation sites (tertiary alicyclic amines) is 1. The van der Waals surface area contributed by atoms with Gasteiger partial charge in [-0.15, -0.1) is 16.4 Å². The molecule has 1 saturated heterocycles. The molecule has 0 aliphatic carbocycles. The Balaban J connectivity index is 1.68. The number of nitrogens with one attached hydrogen (secondary N) is 1. The maximum absolute atomic E-state index is 12.3. The average Bonchev–Trinajstić information content (AvgIpc) is 2.83. The van der Waals surface area contributed by atoms with Crippen molar-refractivity contribution in [1.82, 2.24) is 20.4 Å². The fraction of sp³-hybridized carbons (Fsp3) is 0.500. The Hall–Kier alpha value is -1.73. The number of amides is 1. The van der Waals surface area contributed by atoms with Crippen LogP contribution >= 0.6 is 11.3 Å². The number of carbonyl (C=O) groups excluding carboxylic acids is 1. The number of hydrogen-bond acceptors (Lipinski definition) is 6. The molecule has 1 fully saturated rings. The molecule has 1 aliphatic rings. The topological polar surface area (TPSA) is 84.1 Å². The van der Waals surface area contributed by atoms with Crippen LogP contribution in [0.25, 0.3) is 10.2 Å². The summed E-state index contributed by atoms with van der Waals surface area (Å²) in [5.74, 6) is 0.409. The van der Waals surface area contributed by atoms with Gasteiger partial charge in [0.05, 0.1) is 11.9 Å². The van der Waals surface area contributed by atoms with Crippen molar-refractivity contribution >= 4 is 33.1 Å². The fourth-order valence-electron chi connectivity index (χ4n) is 2.80. The smallest absolute Gasteiger partial charge is 0.263 e. The summed E-state index contributed by atoms with van der Waals surface area (Å²) in [7, 11) is 2.12. The first-order chi connectivity index (χ1) is 10.1. The molecule has 1 amide bonds. The molecule has 1 aliphatic heterocycles. The van der Waals surface area contributed by atoms with E-state index in [4.69, 9.17) is 5.73 Å². The molecule has 1 atom stereocenters. The zero-order valence-electron chi connectivity index (χ0n) is 12.0. The molecular weight excluding hydrogens is 286 g/mol. The molecule has 0 aromatic carbocycles. The molecule has 3 N–H and O–H groups in total. The van der Waals surface area contributed by atoms with Crippen molar-refractivity contribution in [2.24, 2.45) is 5.92 Å². The van der Waals surface area contributed by atoms with Crippen LogP contribution in [0.4, 0.5) is 5.69 Å². The van der Waals surface area contributed by atoms with Gasteiger partial charge in [0.15, 0.2) is 0 Å². The van der Waals surface area contributed by atoms with Crippen LogP contribution in [-0.2, 0) is 0 Å². The Bertz CT molecular complexity index is 656. The third-order valence-corrected chi connectivity index (χ3v) is 5.00. The number of nitrogen functional groups attached to an aromatic ring is 1. The minimum Gasteiger partial charge on any atom is -0.397 e. The van der Waals surface area contributed by atoms with Crippen molar-refractivity contribution in [3.63, 3.8) is 0 Å². The third-order valence-electron chi connectivity index (χ3n) is 3.90. The molecule has 1 unspecified atom stereocenters. The lowest BCUT2D eigenvalue weighted by Crippen LogP contribution is -2.39. The fourth-order valence-corrected chi connectivity index (χ4v) is 3.75. The second kappa shape index (κ2) is 5.95. The standard InChI is InChI=1S/C14H19N5OS/c1-19-6-2-3-9(8-19)7-16-13(20)12-11(15)10-4-5-17-18-14(10)21-12/h4-5,9H,2-3,6-8,15H2,1H3,(H,16,20). The molecule has 3 heterocycles. The van der Waals surface area contributed by atoms with Gasteiger partial charge in [0.2, 0.25) is 0 Å². The molecule has 2 aromatic heterocycles. The lowest BCUT2D eigenvalue weighted by Gasteiger charge is -2.29. The van der Waals surface area contributed by atoms with Gasteiger partial charge in [-0.25, -0.2) is 0 Å². The van der Waals surface area contributed by atoms with E-state index in [1.807, 2.05) is 0 Å². The minimum absolute atomic E-state index is 0.108. The highest BCUT2D eigenvalue weighted by Gasteiger charge is 2.20. The molecule has 6 nitrogen and oxygen atoms in total. The predicted molar refractivity (Wildman–Crippen MR) is 84.4 cm³/mol. The van der Waals surface area contributed by atoms with E-state index in [9.17, 15) is 4.79 Å². The predicted octanol–water partition coefficient (Wildman–Crippen LogP) is 1.35. The summed E-state index contributed by atoms with van der Waals surface area (Å²) < 4.78 is 0. The number of thiophene rings is 1. The second-order valence-electron chi connectivity index (χ2n) is 5.58. The van der Waals surface area contributed by atoms with Gasteiger partial charge in [-0.3, -0.25) is 4.79 Å². The van der Waals surface area contributed by atoms with E-state index in [1.165, 1.54) is 17.8 Å². The second-order valence-corrected chi connectivity index (χ2v) is 6.57. The summed E-state index contributed by atoms with van der Waals surface area (Å²) >= 11 is 1.30. The molecule has 0 spiro atoms. The van der Waals surface area contributed by atoms with Crippen LogP contribution in [-0.4, -0.2) is 47.7 Å². The summed E-state index contributed by atoms with van der Waals surface area (Å²) in [6.07, 6.45) is 3.95. The van der Waals surface area contributed by atoms with E-state index >= 15 is 0 Å². The molecule has 0 saturated carbocycles. The van der Waals surface area contributed by atoms with Gasteiger partial charge in [-0.2, -0.15) is 5.10 Å². The maximum Gasteiger partial charge on any atom is 0.263 e. The molecule has 2 aromatic rings. The van der Waals surface area contributed by atoms with E-state index < -0.39 is 0 Å². The highest BCUT2D eigenvalue weighted by Crippen LogP contribution is 2.31. The molecule has 3 rings (SSSR count). The quantitative estimate of drug-likeness (QED) is 0.894. The molecule has 0 radical (unpaired) electrons. The monoisotopic (exact) mass is 305 g/mol. The van der Waals surface area contributed by atoms with E-state index in [2.05, 4.69) is 27.5 Å². The number of aromatic nitrogens is 2.